The molecule has 0 bridgehead atoms. The third kappa shape index (κ3) is 12.3. The Morgan fingerprint density at radius 2 is 1.73 bits per heavy atom. The number of aliphatic carboxylic acids is 2. The van der Waals surface area contributed by atoms with Crippen LogP contribution in [0.2, 0.25) is 0 Å². The molecule has 0 aliphatic rings. The van der Waals surface area contributed by atoms with Gasteiger partial charge in [0.2, 0.25) is 0 Å². The molecule has 0 fully saturated rings. The second-order valence-electron chi connectivity index (χ2n) is 2.49. The van der Waals surface area contributed by atoms with Crippen LogP contribution in [0.15, 0.2) is 24.8 Å². The fourth-order valence-electron chi connectivity index (χ4n) is 0.436. The predicted octanol–water partition coefficient (Wildman–Crippen LogP) is -0.373. The quantitative estimate of drug-likeness (QED) is 0.468. The van der Waals surface area contributed by atoms with E-state index in [1.54, 1.807) is 0 Å². The number of carboxylic acids is 2. The largest absolute Gasteiger partial charge is 0.478 e. The third-order valence-corrected chi connectivity index (χ3v) is 1.17. The molecule has 86 valence electrons. The van der Waals surface area contributed by atoms with Gasteiger partial charge in [-0.15, -0.1) is 0 Å². The van der Waals surface area contributed by atoms with Gasteiger partial charge in [-0.2, -0.15) is 0 Å². The maximum absolute atomic E-state index is 10.1. The zero-order valence-corrected chi connectivity index (χ0v) is 8.09. The molecular weight excluding hydrogens is 204 g/mol. The Morgan fingerprint density at radius 1 is 1.33 bits per heavy atom. The van der Waals surface area contributed by atoms with Gasteiger partial charge in [0, 0.05) is 18.1 Å². The molecule has 0 rings (SSSR count). The number of carboxylic acid groups (broad SMARTS) is 2. The fourth-order valence-corrected chi connectivity index (χ4v) is 0.436. The second-order valence-corrected chi connectivity index (χ2v) is 2.49. The number of rotatable bonds is 5. The number of aliphatic hydroxyl groups excluding tert-OH is 2. The van der Waals surface area contributed by atoms with Gasteiger partial charge in [0.05, 0.1) is 12.7 Å². The van der Waals surface area contributed by atoms with Crippen molar-refractivity contribution in [3.05, 3.63) is 24.8 Å². The lowest BCUT2D eigenvalue weighted by Crippen LogP contribution is -2.15. The molecule has 0 aromatic carbocycles. The van der Waals surface area contributed by atoms with E-state index in [-0.39, 0.29) is 12.0 Å². The van der Waals surface area contributed by atoms with Gasteiger partial charge in [0.25, 0.3) is 0 Å². The van der Waals surface area contributed by atoms with Crippen molar-refractivity contribution < 1.29 is 30.0 Å². The fraction of sp³-hybridized carbons (Fsp3) is 0.333. The molecule has 0 saturated heterocycles. The van der Waals surface area contributed by atoms with E-state index in [0.29, 0.717) is 0 Å². The summed E-state index contributed by atoms with van der Waals surface area (Å²) in [4.78, 5) is 19.3. The van der Waals surface area contributed by atoms with Crippen LogP contribution in [-0.4, -0.2) is 45.1 Å². The van der Waals surface area contributed by atoms with Crippen LogP contribution < -0.4 is 0 Å². The standard InChI is InChI=1S/C6H10O4.C3H4O2/c1-4(6(9)10)2-5(8)3-7;1-2-3(4)5/h5,7-8H,1-3H2,(H,9,10);2H,1H2,(H,4,5). The molecule has 0 aromatic heterocycles. The Morgan fingerprint density at radius 3 is 1.93 bits per heavy atom. The van der Waals surface area contributed by atoms with Crippen molar-refractivity contribution in [3.8, 4) is 0 Å². The summed E-state index contributed by atoms with van der Waals surface area (Å²) < 4.78 is 0. The van der Waals surface area contributed by atoms with Crippen LogP contribution in [0.1, 0.15) is 6.42 Å². The van der Waals surface area contributed by atoms with Crippen molar-refractivity contribution in [2.45, 2.75) is 12.5 Å². The molecule has 0 radical (unpaired) electrons. The molecule has 1 unspecified atom stereocenters. The molecule has 6 heteroatoms. The van der Waals surface area contributed by atoms with Gasteiger partial charge in [-0.1, -0.05) is 13.2 Å². The molecule has 0 saturated carbocycles. The van der Waals surface area contributed by atoms with Crippen LogP contribution in [0.3, 0.4) is 0 Å². The normalized spacial score (nSPS) is 10.5. The number of carbonyl (C=O) groups is 2. The highest BCUT2D eigenvalue weighted by Gasteiger charge is 2.09. The van der Waals surface area contributed by atoms with E-state index in [1.165, 1.54) is 0 Å². The summed E-state index contributed by atoms with van der Waals surface area (Å²) in [5.74, 6) is -2.13. The highest BCUT2D eigenvalue weighted by atomic mass is 16.4. The molecule has 15 heavy (non-hydrogen) atoms. The lowest BCUT2D eigenvalue weighted by atomic mass is 10.1. The lowest BCUT2D eigenvalue weighted by Gasteiger charge is -2.04. The first-order chi connectivity index (χ1) is 6.84. The summed E-state index contributed by atoms with van der Waals surface area (Å²) in [6, 6.07) is 0. The van der Waals surface area contributed by atoms with Crippen molar-refractivity contribution in [3.63, 3.8) is 0 Å². The van der Waals surface area contributed by atoms with E-state index in [9.17, 15) is 9.59 Å². The van der Waals surface area contributed by atoms with Gasteiger partial charge >= 0.3 is 11.9 Å². The summed E-state index contributed by atoms with van der Waals surface area (Å²) in [7, 11) is 0. The van der Waals surface area contributed by atoms with Crippen molar-refractivity contribution in [1.29, 1.82) is 0 Å². The molecule has 0 aliphatic carbocycles. The number of hydrogen-bond donors (Lipinski definition) is 4. The van der Waals surface area contributed by atoms with Crippen LogP contribution in [0.5, 0.6) is 0 Å². The molecule has 0 aromatic rings. The average molecular weight is 218 g/mol. The van der Waals surface area contributed by atoms with Gasteiger partial charge in [-0.3, -0.25) is 0 Å². The second kappa shape index (κ2) is 8.92. The molecule has 0 heterocycles. The molecule has 0 amide bonds. The van der Waals surface area contributed by atoms with E-state index in [4.69, 9.17) is 20.4 Å². The van der Waals surface area contributed by atoms with Crippen molar-refractivity contribution in [2.75, 3.05) is 6.61 Å². The minimum Gasteiger partial charge on any atom is -0.478 e. The van der Waals surface area contributed by atoms with Gasteiger partial charge < -0.3 is 20.4 Å². The SMILES string of the molecule is C=C(CC(O)CO)C(=O)O.C=CC(=O)O. The van der Waals surface area contributed by atoms with Crippen molar-refractivity contribution >= 4 is 11.9 Å². The van der Waals surface area contributed by atoms with Gasteiger partial charge in [-0.05, 0) is 0 Å². The topological polar surface area (TPSA) is 115 Å². The van der Waals surface area contributed by atoms with Crippen molar-refractivity contribution in [2.24, 2.45) is 0 Å². The molecular formula is C9H14O6. The first-order valence-corrected chi connectivity index (χ1v) is 3.90. The minimum atomic E-state index is -1.15. The first kappa shape index (κ1) is 15.8. The van der Waals surface area contributed by atoms with Crippen LogP contribution in [-0.2, 0) is 9.59 Å². The van der Waals surface area contributed by atoms with Crippen LogP contribution in [0.4, 0.5) is 0 Å². The van der Waals surface area contributed by atoms with Crippen LogP contribution in [0, 0.1) is 0 Å². The smallest absolute Gasteiger partial charge is 0.331 e. The summed E-state index contributed by atoms with van der Waals surface area (Å²) in [6.07, 6.45) is -0.269. The summed E-state index contributed by atoms with van der Waals surface area (Å²) >= 11 is 0. The first-order valence-electron chi connectivity index (χ1n) is 3.90. The molecule has 0 spiro atoms. The molecule has 0 aliphatic heterocycles. The average Bonchev–Trinajstić information content (AvgIpc) is 2.18. The monoisotopic (exact) mass is 218 g/mol. The summed E-state index contributed by atoms with van der Waals surface area (Å²) in [5.41, 5.74) is -0.0958. The number of aliphatic hydroxyl groups is 2. The van der Waals surface area contributed by atoms with Crippen LogP contribution in [0.25, 0.3) is 0 Å². The molecule has 4 N–H and O–H groups in total. The Balaban J connectivity index is 0. The maximum atomic E-state index is 10.1. The number of hydrogen-bond acceptors (Lipinski definition) is 4. The van der Waals surface area contributed by atoms with Crippen molar-refractivity contribution in [1.82, 2.24) is 0 Å². The third-order valence-electron chi connectivity index (χ3n) is 1.17. The summed E-state index contributed by atoms with van der Waals surface area (Å²) in [6.45, 7) is 5.69. The van der Waals surface area contributed by atoms with Gasteiger partial charge in [0.1, 0.15) is 0 Å². The Kier molecular flexibility index (Phi) is 9.39. The summed E-state index contributed by atoms with van der Waals surface area (Å²) in [5, 5.41) is 32.8. The highest BCUT2D eigenvalue weighted by Crippen LogP contribution is 2.01. The van der Waals surface area contributed by atoms with E-state index in [0.717, 1.165) is 6.08 Å². The zero-order valence-electron chi connectivity index (χ0n) is 8.09. The Bertz CT molecular complexity index is 245. The van der Waals surface area contributed by atoms with E-state index >= 15 is 0 Å². The Labute approximate surface area is 86.8 Å². The van der Waals surface area contributed by atoms with Gasteiger partial charge in [0.15, 0.2) is 0 Å². The van der Waals surface area contributed by atoms with E-state index in [1.807, 2.05) is 0 Å². The lowest BCUT2D eigenvalue weighted by molar-refractivity contribution is -0.133. The van der Waals surface area contributed by atoms with E-state index < -0.39 is 24.6 Å². The van der Waals surface area contributed by atoms with E-state index in [2.05, 4.69) is 13.2 Å². The maximum Gasteiger partial charge on any atom is 0.331 e. The zero-order chi connectivity index (χ0) is 12.4. The molecule has 1 atom stereocenters. The van der Waals surface area contributed by atoms with Crippen LogP contribution >= 0.6 is 0 Å². The Hall–Kier alpha value is -1.66. The predicted molar refractivity (Wildman–Crippen MR) is 52.3 cm³/mol. The minimum absolute atomic E-state index is 0.0914. The molecule has 6 nitrogen and oxygen atoms in total. The van der Waals surface area contributed by atoms with Gasteiger partial charge in [-0.25, -0.2) is 9.59 Å². The highest BCUT2D eigenvalue weighted by molar-refractivity contribution is 5.85.